The van der Waals surface area contributed by atoms with Crippen LogP contribution in [0.5, 0.6) is 11.5 Å². The third-order valence-corrected chi connectivity index (χ3v) is 3.71. The molecule has 1 aromatic heterocycles. The number of nitrogens with zero attached hydrogens (tertiary/aromatic N) is 1. The molecule has 3 N–H and O–H groups in total. The van der Waals surface area contributed by atoms with Crippen molar-refractivity contribution in [3.05, 3.63) is 59.8 Å². The molecule has 1 heterocycles. The summed E-state index contributed by atoms with van der Waals surface area (Å²) in [7, 11) is 0. The van der Waals surface area contributed by atoms with Crippen molar-refractivity contribution in [2.45, 2.75) is 13.3 Å². The zero-order valence-electron chi connectivity index (χ0n) is 13.8. The van der Waals surface area contributed by atoms with Gasteiger partial charge in [-0.2, -0.15) is 5.10 Å². The van der Waals surface area contributed by atoms with Crippen molar-refractivity contribution in [1.29, 1.82) is 0 Å². The maximum absolute atomic E-state index is 12.1. The molecular weight excluding hydrogens is 318 g/mol. The predicted molar refractivity (Wildman–Crippen MR) is 97.0 cm³/mol. The summed E-state index contributed by atoms with van der Waals surface area (Å²) in [4.78, 5) is 15.2. The lowest BCUT2D eigenvalue weighted by Gasteiger charge is -2.06. The number of hydrogen-bond donors (Lipinski definition) is 3. The fourth-order valence-corrected chi connectivity index (χ4v) is 2.55. The number of carbonyl (C=O) groups excluding carboxylic acids is 1. The van der Waals surface area contributed by atoms with E-state index in [1.165, 1.54) is 12.3 Å². The molecule has 0 saturated heterocycles. The van der Waals surface area contributed by atoms with Crippen LogP contribution in [0, 0.1) is 0 Å². The number of aromatic amines is 1. The first-order chi connectivity index (χ1) is 12.2. The van der Waals surface area contributed by atoms with Crippen LogP contribution in [0.25, 0.3) is 10.9 Å². The van der Waals surface area contributed by atoms with Crippen molar-refractivity contribution in [3.63, 3.8) is 0 Å². The number of aromatic hydroxyl groups is 1. The Morgan fingerprint density at radius 3 is 3.00 bits per heavy atom. The molecular formula is C19H19N3O3. The third-order valence-electron chi connectivity index (χ3n) is 3.71. The Balaban J connectivity index is 1.62. The van der Waals surface area contributed by atoms with Crippen molar-refractivity contribution in [3.8, 4) is 11.5 Å². The van der Waals surface area contributed by atoms with Gasteiger partial charge in [0.25, 0.3) is 0 Å². The summed E-state index contributed by atoms with van der Waals surface area (Å²) < 4.78 is 5.31. The monoisotopic (exact) mass is 337 g/mol. The predicted octanol–water partition coefficient (Wildman–Crippen LogP) is 2.97. The maximum atomic E-state index is 12.1. The summed E-state index contributed by atoms with van der Waals surface area (Å²) in [5.41, 5.74) is 5.15. The summed E-state index contributed by atoms with van der Waals surface area (Å²) in [5.74, 6) is 0.253. The van der Waals surface area contributed by atoms with Gasteiger partial charge >= 0.3 is 0 Å². The van der Waals surface area contributed by atoms with Crippen LogP contribution in [0.1, 0.15) is 18.1 Å². The van der Waals surface area contributed by atoms with Gasteiger partial charge in [0.1, 0.15) is 0 Å². The van der Waals surface area contributed by atoms with Crippen LogP contribution in [0.4, 0.5) is 0 Å². The highest BCUT2D eigenvalue weighted by atomic mass is 16.5. The maximum Gasteiger partial charge on any atom is 0.244 e. The number of para-hydroxylation sites is 1. The molecule has 6 heteroatoms. The molecule has 0 aliphatic rings. The number of aromatic nitrogens is 1. The van der Waals surface area contributed by atoms with Crippen LogP contribution >= 0.6 is 0 Å². The van der Waals surface area contributed by atoms with Gasteiger partial charge in [-0.1, -0.05) is 18.2 Å². The molecule has 3 rings (SSSR count). The van der Waals surface area contributed by atoms with Crippen molar-refractivity contribution in [2.75, 3.05) is 6.61 Å². The van der Waals surface area contributed by atoms with E-state index in [0.29, 0.717) is 17.9 Å². The van der Waals surface area contributed by atoms with E-state index in [-0.39, 0.29) is 18.1 Å². The topological polar surface area (TPSA) is 86.7 Å². The molecule has 0 bridgehead atoms. The SMILES string of the molecule is CCOc1cc(/C=N/NC(=O)Cc2c[nH]c3ccccc23)ccc1O. The van der Waals surface area contributed by atoms with Gasteiger partial charge in [0.15, 0.2) is 11.5 Å². The second-order valence-corrected chi connectivity index (χ2v) is 5.49. The third kappa shape index (κ3) is 3.98. The van der Waals surface area contributed by atoms with E-state index < -0.39 is 0 Å². The molecule has 25 heavy (non-hydrogen) atoms. The zero-order chi connectivity index (χ0) is 17.6. The molecule has 1 amide bonds. The number of amides is 1. The Hall–Kier alpha value is -3.28. The van der Waals surface area contributed by atoms with Crippen molar-refractivity contribution < 1.29 is 14.6 Å². The molecule has 0 saturated carbocycles. The minimum Gasteiger partial charge on any atom is -0.504 e. The highest BCUT2D eigenvalue weighted by Crippen LogP contribution is 2.26. The average Bonchev–Trinajstić information content (AvgIpc) is 3.01. The quantitative estimate of drug-likeness (QED) is 0.477. The summed E-state index contributed by atoms with van der Waals surface area (Å²) in [5, 5.41) is 14.7. The van der Waals surface area contributed by atoms with E-state index in [4.69, 9.17) is 4.74 Å². The largest absolute Gasteiger partial charge is 0.504 e. The molecule has 2 aromatic carbocycles. The van der Waals surface area contributed by atoms with Gasteiger partial charge in [0.05, 0.1) is 19.2 Å². The molecule has 0 unspecified atom stereocenters. The molecule has 0 aliphatic heterocycles. The van der Waals surface area contributed by atoms with Crippen molar-refractivity contribution in [2.24, 2.45) is 5.10 Å². The summed E-state index contributed by atoms with van der Waals surface area (Å²) in [6.07, 6.45) is 3.58. The van der Waals surface area contributed by atoms with Crippen molar-refractivity contribution in [1.82, 2.24) is 10.4 Å². The van der Waals surface area contributed by atoms with E-state index in [2.05, 4.69) is 15.5 Å². The number of phenolic OH excluding ortho intramolecular Hbond substituents is 1. The van der Waals surface area contributed by atoms with E-state index in [1.807, 2.05) is 37.4 Å². The van der Waals surface area contributed by atoms with E-state index >= 15 is 0 Å². The lowest BCUT2D eigenvalue weighted by molar-refractivity contribution is -0.120. The van der Waals surface area contributed by atoms with Crippen LogP contribution in [-0.4, -0.2) is 28.8 Å². The first-order valence-corrected chi connectivity index (χ1v) is 8.00. The van der Waals surface area contributed by atoms with Gasteiger partial charge in [-0.15, -0.1) is 0 Å². The van der Waals surface area contributed by atoms with Gasteiger partial charge in [-0.05, 0) is 42.3 Å². The normalized spacial score (nSPS) is 11.1. The second kappa shape index (κ2) is 7.53. The molecule has 0 spiro atoms. The molecule has 6 nitrogen and oxygen atoms in total. The number of nitrogens with one attached hydrogen (secondary N) is 2. The average molecular weight is 337 g/mol. The molecule has 0 aliphatic carbocycles. The zero-order valence-corrected chi connectivity index (χ0v) is 13.8. The van der Waals surface area contributed by atoms with E-state index in [9.17, 15) is 9.90 Å². The van der Waals surface area contributed by atoms with Crippen molar-refractivity contribution >= 4 is 23.0 Å². The van der Waals surface area contributed by atoms with Crippen LogP contribution in [-0.2, 0) is 11.2 Å². The van der Waals surface area contributed by atoms with E-state index in [0.717, 1.165) is 16.5 Å². The smallest absolute Gasteiger partial charge is 0.244 e. The van der Waals surface area contributed by atoms with Gasteiger partial charge < -0.3 is 14.8 Å². The summed E-state index contributed by atoms with van der Waals surface area (Å²) in [6, 6.07) is 12.7. The minimum absolute atomic E-state index is 0.0716. The van der Waals surface area contributed by atoms with E-state index in [1.54, 1.807) is 12.1 Å². The van der Waals surface area contributed by atoms with Gasteiger partial charge in [0.2, 0.25) is 5.91 Å². The Labute approximate surface area is 145 Å². The van der Waals surface area contributed by atoms with Gasteiger partial charge in [-0.25, -0.2) is 5.43 Å². The standard InChI is InChI=1S/C19H19N3O3/c1-2-25-18-9-13(7-8-17(18)23)11-21-22-19(24)10-14-12-20-16-6-4-3-5-15(14)16/h3-9,11-12,20,23H,2,10H2,1H3,(H,22,24)/b21-11+. The number of carbonyl (C=O) groups is 1. The summed E-state index contributed by atoms with van der Waals surface area (Å²) in [6.45, 7) is 2.29. The van der Waals surface area contributed by atoms with Crippen LogP contribution in [0.2, 0.25) is 0 Å². The fraction of sp³-hybridized carbons (Fsp3) is 0.158. The first kappa shape index (κ1) is 16.6. The Bertz CT molecular complexity index is 915. The molecule has 3 aromatic rings. The molecule has 0 radical (unpaired) electrons. The van der Waals surface area contributed by atoms with Gasteiger partial charge in [0, 0.05) is 17.1 Å². The number of phenols is 1. The number of benzene rings is 2. The second-order valence-electron chi connectivity index (χ2n) is 5.49. The molecule has 0 atom stereocenters. The summed E-state index contributed by atoms with van der Waals surface area (Å²) >= 11 is 0. The number of rotatable bonds is 6. The lowest BCUT2D eigenvalue weighted by atomic mass is 10.1. The van der Waals surface area contributed by atoms with Gasteiger partial charge in [-0.3, -0.25) is 4.79 Å². The number of hydrogen-bond acceptors (Lipinski definition) is 4. The highest BCUT2D eigenvalue weighted by Gasteiger charge is 2.08. The number of H-pyrrole nitrogens is 1. The Morgan fingerprint density at radius 1 is 1.32 bits per heavy atom. The molecule has 0 fully saturated rings. The molecule has 128 valence electrons. The highest BCUT2D eigenvalue weighted by molar-refractivity contribution is 5.89. The minimum atomic E-state index is -0.204. The number of ether oxygens (including phenoxy) is 1. The van der Waals surface area contributed by atoms with Crippen LogP contribution in [0.15, 0.2) is 53.8 Å². The van der Waals surface area contributed by atoms with Crippen LogP contribution in [0.3, 0.4) is 0 Å². The van der Waals surface area contributed by atoms with Crippen LogP contribution < -0.4 is 10.2 Å². The number of hydrazone groups is 1. The lowest BCUT2D eigenvalue weighted by Crippen LogP contribution is -2.19. The Morgan fingerprint density at radius 2 is 2.16 bits per heavy atom. The number of fused-ring (bicyclic) bond motifs is 1. The fourth-order valence-electron chi connectivity index (χ4n) is 2.55. The Kier molecular flexibility index (Phi) is 4.99. The first-order valence-electron chi connectivity index (χ1n) is 8.00.